The number of methoxy groups -OCH3 is 1. The molecule has 0 spiro atoms. The summed E-state index contributed by atoms with van der Waals surface area (Å²) in [5.74, 6) is -1.18. The summed E-state index contributed by atoms with van der Waals surface area (Å²) in [5.41, 5.74) is 6.48. The van der Waals surface area contributed by atoms with Crippen molar-refractivity contribution in [2.24, 2.45) is 0 Å². The molecule has 0 atom stereocenters. The zero-order valence-electron chi connectivity index (χ0n) is 10.3. The van der Waals surface area contributed by atoms with Gasteiger partial charge in [0, 0.05) is 17.8 Å². The van der Waals surface area contributed by atoms with Crippen molar-refractivity contribution < 1.29 is 23.8 Å². The van der Waals surface area contributed by atoms with Crippen molar-refractivity contribution in [1.29, 1.82) is 0 Å². The smallest absolute Gasteiger partial charge is 0.200 e. The van der Waals surface area contributed by atoms with Crippen molar-refractivity contribution in [3.63, 3.8) is 0 Å². The minimum atomic E-state index is -1.29. The van der Waals surface area contributed by atoms with Gasteiger partial charge in [-0.05, 0) is 24.6 Å². The lowest BCUT2D eigenvalue weighted by Crippen LogP contribution is -2.22. The van der Waals surface area contributed by atoms with Crippen molar-refractivity contribution in [3.05, 3.63) is 24.0 Å². The predicted octanol–water partition coefficient (Wildman–Crippen LogP) is 0.736. The molecule has 0 radical (unpaired) electrons. The summed E-state index contributed by atoms with van der Waals surface area (Å²) in [4.78, 5) is 22.1. The third-order valence-corrected chi connectivity index (χ3v) is 2.74. The molecule has 0 amide bonds. The molecule has 0 aliphatic heterocycles. The van der Waals surface area contributed by atoms with E-state index in [1.54, 1.807) is 18.2 Å². The number of hydrogen-bond acceptors (Lipinski definition) is 6. The van der Waals surface area contributed by atoms with Gasteiger partial charge in [-0.1, -0.05) is 0 Å². The highest BCUT2D eigenvalue weighted by Gasteiger charge is 2.18. The predicted molar refractivity (Wildman–Crippen MR) is 65.7 cm³/mol. The van der Waals surface area contributed by atoms with Crippen LogP contribution in [0.2, 0.25) is 0 Å². The first kappa shape index (κ1) is 12.9. The number of benzene rings is 1. The number of carbonyl (C=O) groups is 2. The number of aliphatic carboxylic acids is 1. The van der Waals surface area contributed by atoms with Gasteiger partial charge in [-0.3, -0.25) is 4.79 Å². The lowest BCUT2D eigenvalue weighted by Gasteiger charge is -2.00. The van der Waals surface area contributed by atoms with Gasteiger partial charge in [0.1, 0.15) is 11.3 Å². The number of carboxylic acids is 1. The normalized spacial score (nSPS) is 10.6. The third kappa shape index (κ3) is 2.52. The third-order valence-electron chi connectivity index (χ3n) is 2.74. The lowest BCUT2D eigenvalue weighted by molar-refractivity contribution is -0.305. The van der Waals surface area contributed by atoms with Crippen LogP contribution < -0.4 is 15.6 Å². The molecule has 2 rings (SSSR count). The van der Waals surface area contributed by atoms with Gasteiger partial charge in [-0.2, -0.15) is 0 Å². The molecule has 0 unspecified atom stereocenters. The summed E-state index contributed by atoms with van der Waals surface area (Å²) in [6, 6.07) is 4.98. The van der Waals surface area contributed by atoms with Gasteiger partial charge < -0.3 is 24.8 Å². The number of ketones is 1. The molecule has 1 aromatic carbocycles. The van der Waals surface area contributed by atoms with Crippen LogP contribution in [-0.2, 0) is 4.79 Å². The first-order valence-electron chi connectivity index (χ1n) is 5.62. The van der Waals surface area contributed by atoms with Gasteiger partial charge in [0.2, 0.25) is 5.78 Å². The van der Waals surface area contributed by atoms with Crippen molar-refractivity contribution in [3.8, 4) is 5.75 Å². The zero-order valence-corrected chi connectivity index (χ0v) is 10.3. The minimum Gasteiger partial charge on any atom is -0.550 e. The fraction of sp³-hybridized carbons (Fsp3) is 0.231. The van der Waals surface area contributed by atoms with E-state index >= 15 is 0 Å². The summed E-state index contributed by atoms with van der Waals surface area (Å²) in [7, 11) is 1.52. The standard InChI is InChI=1S/C13H13NO5/c1-18-7-2-4-10-8(6-7)12(14)13(19-10)9(15)3-5-11(16)17/h2,4,6H,3,5,14H2,1H3,(H,16,17)/p-1. The van der Waals surface area contributed by atoms with Gasteiger partial charge in [-0.15, -0.1) is 0 Å². The number of Topliss-reactive ketones (excluding diaryl/α,β-unsaturated/α-hetero) is 1. The molecule has 0 aliphatic rings. The zero-order chi connectivity index (χ0) is 14.0. The Balaban J connectivity index is 2.36. The highest BCUT2D eigenvalue weighted by Crippen LogP contribution is 2.32. The Labute approximate surface area is 108 Å². The molecule has 2 aromatic rings. The van der Waals surface area contributed by atoms with E-state index < -0.39 is 11.8 Å². The second-order valence-electron chi connectivity index (χ2n) is 4.00. The van der Waals surface area contributed by atoms with Crippen molar-refractivity contribution in [2.45, 2.75) is 12.8 Å². The molecule has 6 heteroatoms. The monoisotopic (exact) mass is 262 g/mol. The number of anilines is 1. The van der Waals surface area contributed by atoms with Crippen molar-refractivity contribution >= 4 is 28.4 Å². The molecule has 1 heterocycles. The maximum atomic E-state index is 11.8. The Hall–Kier alpha value is -2.50. The first-order valence-corrected chi connectivity index (χ1v) is 5.62. The van der Waals surface area contributed by atoms with E-state index in [4.69, 9.17) is 14.9 Å². The Morgan fingerprint density at radius 2 is 2.11 bits per heavy atom. The van der Waals surface area contributed by atoms with E-state index in [0.717, 1.165) is 0 Å². The van der Waals surface area contributed by atoms with Crippen LogP contribution in [0.1, 0.15) is 23.4 Å². The van der Waals surface area contributed by atoms with Gasteiger partial charge in [0.15, 0.2) is 5.76 Å². The van der Waals surface area contributed by atoms with Crippen LogP contribution in [-0.4, -0.2) is 18.9 Å². The lowest BCUT2D eigenvalue weighted by atomic mass is 10.1. The molecule has 0 fully saturated rings. The van der Waals surface area contributed by atoms with Gasteiger partial charge in [0.05, 0.1) is 12.8 Å². The van der Waals surface area contributed by atoms with E-state index in [9.17, 15) is 14.7 Å². The minimum absolute atomic E-state index is 0.0236. The molecule has 19 heavy (non-hydrogen) atoms. The maximum absolute atomic E-state index is 11.8. The molecule has 2 N–H and O–H groups in total. The molecule has 0 saturated heterocycles. The second-order valence-corrected chi connectivity index (χ2v) is 4.00. The number of ether oxygens (including phenoxy) is 1. The van der Waals surface area contributed by atoms with Crippen LogP contribution in [0, 0.1) is 0 Å². The van der Waals surface area contributed by atoms with Gasteiger partial charge >= 0.3 is 0 Å². The molecule has 0 saturated carbocycles. The number of hydrogen-bond donors (Lipinski definition) is 1. The molecular weight excluding hydrogens is 250 g/mol. The fourth-order valence-electron chi connectivity index (χ4n) is 1.76. The summed E-state index contributed by atoms with van der Waals surface area (Å²) in [5, 5.41) is 10.9. The van der Waals surface area contributed by atoms with E-state index in [2.05, 4.69) is 0 Å². The fourth-order valence-corrected chi connectivity index (χ4v) is 1.76. The SMILES string of the molecule is COc1ccc2oc(C(=O)CCC(=O)[O-])c(N)c2c1. The van der Waals surface area contributed by atoms with Gasteiger partial charge in [-0.25, -0.2) is 0 Å². The summed E-state index contributed by atoms with van der Waals surface area (Å²) < 4.78 is 10.4. The molecular formula is C13H12NO5-. The molecule has 100 valence electrons. The highest BCUT2D eigenvalue weighted by molar-refractivity contribution is 6.07. The van der Waals surface area contributed by atoms with Gasteiger partial charge in [0.25, 0.3) is 0 Å². The largest absolute Gasteiger partial charge is 0.550 e. The highest BCUT2D eigenvalue weighted by atomic mass is 16.5. The average molecular weight is 262 g/mol. The number of nitrogen functional groups attached to an aromatic ring is 1. The summed E-state index contributed by atoms with van der Waals surface area (Å²) in [6.45, 7) is 0. The van der Waals surface area contributed by atoms with Crippen molar-refractivity contribution in [1.82, 2.24) is 0 Å². The number of carbonyl (C=O) groups excluding carboxylic acids is 2. The molecule has 0 aliphatic carbocycles. The molecule has 6 nitrogen and oxygen atoms in total. The van der Waals surface area contributed by atoms with E-state index in [-0.39, 0.29) is 24.3 Å². The summed E-state index contributed by atoms with van der Waals surface area (Å²) >= 11 is 0. The second kappa shape index (κ2) is 5.01. The van der Waals surface area contributed by atoms with E-state index in [1.165, 1.54) is 7.11 Å². The first-order chi connectivity index (χ1) is 9.02. The average Bonchev–Trinajstić information content (AvgIpc) is 2.73. The quantitative estimate of drug-likeness (QED) is 0.796. The van der Waals surface area contributed by atoms with Crippen LogP contribution in [0.3, 0.4) is 0 Å². The summed E-state index contributed by atoms with van der Waals surface area (Å²) in [6.07, 6.45) is -0.567. The number of carboxylic acid groups (broad SMARTS) is 1. The number of furan rings is 1. The van der Waals surface area contributed by atoms with Crippen LogP contribution in [0.15, 0.2) is 22.6 Å². The maximum Gasteiger partial charge on any atom is 0.200 e. The van der Waals surface area contributed by atoms with E-state index in [0.29, 0.717) is 16.7 Å². The molecule has 1 aromatic heterocycles. The number of nitrogens with two attached hydrogens (primary N) is 1. The topological polar surface area (TPSA) is 106 Å². The molecule has 0 bridgehead atoms. The Kier molecular flexibility index (Phi) is 3.41. The number of rotatable bonds is 5. The van der Waals surface area contributed by atoms with Crippen LogP contribution >= 0.6 is 0 Å². The van der Waals surface area contributed by atoms with Crippen molar-refractivity contribution in [2.75, 3.05) is 12.8 Å². The Morgan fingerprint density at radius 1 is 1.37 bits per heavy atom. The van der Waals surface area contributed by atoms with E-state index in [1.807, 2.05) is 0 Å². The Morgan fingerprint density at radius 3 is 2.74 bits per heavy atom. The number of fused-ring (bicyclic) bond motifs is 1. The van der Waals surface area contributed by atoms with Crippen LogP contribution in [0.25, 0.3) is 11.0 Å². The van der Waals surface area contributed by atoms with Crippen LogP contribution in [0.5, 0.6) is 5.75 Å². The Bertz CT molecular complexity index is 644. The van der Waals surface area contributed by atoms with Crippen LogP contribution in [0.4, 0.5) is 5.69 Å².